The number of hydrogen-bond donors (Lipinski definition) is 2. The Morgan fingerprint density at radius 3 is 2.40 bits per heavy atom. The van der Waals surface area contributed by atoms with Crippen LogP contribution in [0.2, 0.25) is 0 Å². The molecule has 1 amide bonds. The normalized spacial score (nSPS) is 29.9. The summed E-state index contributed by atoms with van der Waals surface area (Å²) in [6.45, 7) is 8.67. The van der Waals surface area contributed by atoms with Crippen LogP contribution in [0.4, 0.5) is 0 Å². The van der Waals surface area contributed by atoms with Crippen molar-refractivity contribution >= 4 is 5.91 Å². The Labute approximate surface area is 120 Å². The average Bonchev–Trinajstić information content (AvgIpc) is 2.63. The first-order valence-electron chi connectivity index (χ1n) is 7.40. The molecule has 0 heterocycles. The van der Waals surface area contributed by atoms with Gasteiger partial charge in [0.2, 0.25) is 5.91 Å². The first kappa shape index (κ1) is 13.6. The topological polar surface area (TPSA) is 55.1 Å². The highest BCUT2D eigenvalue weighted by atomic mass is 16.2. The van der Waals surface area contributed by atoms with Crippen molar-refractivity contribution in [2.45, 2.75) is 46.2 Å². The molecular weight excluding hydrogens is 248 g/mol. The number of benzene rings is 1. The van der Waals surface area contributed by atoms with Gasteiger partial charge < -0.3 is 11.1 Å². The number of nitrogens with one attached hydrogen (secondary N) is 1. The maximum Gasteiger partial charge on any atom is 0.224 e. The minimum atomic E-state index is -0.0362. The summed E-state index contributed by atoms with van der Waals surface area (Å²) in [5.41, 5.74) is 8.80. The van der Waals surface area contributed by atoms with E-state index < -0.39 is 0 Å². The van der Waals surface area contributed by atoms with E-state index in [1.165, 1.54) is 11.1 Å². The van der Waals surface area contributed by atoms with Crippen molar-refractivity contribution in [2.24, 2.45) is 22.5 Å². The Kier molecular flexibility index (Phi) is 2.78. The van der Waals surface area contributed by atoms with Gasteiger partial charge in [-0.2, -0.15) is 0 Å². The minimum absolute atomic E-state index is 0.0127. The van der Waals surface area contributed by atoms with E-state index in [1.54, 1.807) is 0 Å². The molecule has 3 rings (SSSR count). The molecule has 0 aliphatic heterocycles. The standard InChI is InChI=1S/C17H24N2O/c1-16(2)14(17(16,3)4)15(20)19-13-11-8-6-5-7-10(11)9-12(13)18/h5-8,12-14H,9,18H2,1-4H3,(H,19,20). The van der Waals surface area contributed by atoms with Gasteiger partial charge in [0.1, 0.15) is 0 Å². The molecule has 1 aromatic carbocycles. The summed E-state index contributed by atoms with van der Waals surface area (Å²) < 4.78 is 0. The lowest BCUT2D eigenvalue weighted by Gasteiger charge is -2.19. The lowest BCUT2D eigenvalue weighted by Crippen LogP contribution is -2.39. The Morgan fingerprint density at radius 2 is 1.80 bits per heavy atom. The molecule has 0 spiro atoms. The second kappa shape index (κ2) is 4.08. The monoisotopic (exact) mass is 272 g/mol. The van der Waals surface area contributed by atoms with Crippen LogP contribution in [-0.2, 0) is 11.2 Å². The zero-order valence-corrected chi connectivity index (χ0v) is 12.7. The molecular formula is C17H24N2O. The van der Waals surface area contributed by atoms with Crippen molar-refractivity contribution in [3.8, 4) is 0 Å². The number of carbonyl (C=O) groups is 1. The van der Waals surface area contributed by atoms with Gasteiger partial charge in [0, 0.05) is 12.0 Å². The Bertz CT molecular complexity index is 548. The SMILES string of the molecule is CC1(C)C(C(=O)NC2c3ccccc3CC2N)C1(C)C. The van der Waals surface area contributed by atoms with Crippen LogP contribution >= 0.6 is 0 Å². The maximum absolute atomic E-state index is 12.6. The molecule has 0 saturated heterocycles. The second-order valence-electron chi connectivity index (χ2n) is 7.43. The summed E-state index contributed by atoms with van der Waals surface area (Å²) in [6.07, 6.45) is 0.846. The van der Waals surface area contributed by atoms with Crippen molar-refractivity contribution in [3.05, 3.63) is 35.4 Å². The fourth-order valence-electron chi connectivity index (χ4n) is 3.90. The molecule has 3 nitrogen and oxygen atoms in total. The molecule has 0 aromatic heterocycles. The van der Waals surface area contributed by atoms with E-state index in [4.69, 9.17) is 5.73 Å². The van der Waals surface area contributed by atoms with Crippen molar-refractivity contribution in [2.75, 3.05) is 0 Å². The largest absolute Gasteiger partial charge is 0.347 e. The van der Waals surface area contributed by atoms with Crippen LogP contribution in [-0.4, -0.2) is 11.9 Å². The highest BCUT2D eigenvalue weighted by Gasteiger charge is 2.68. The van der Waals surface area contributed by atoms with Crippen molar-refractivity contribution in [3.63, 3.8) is 0 Å². The zero-order valence-electron chi connectivity index (χ0n) is 12.7. The quantitative estimate of drug-likeness (QED) is 0.868. The van der Waals surface area contributed by atoms with Crippen molar-refractivity contribution in [1.29, 1.82) is 0 Å². The molecule has 2 unspecified atom stereocenters. The third-order valence-electron chi connectivity index (χ3n) is 5.85. The van der Waals surface area contributed by atoms with E-state index in [2.05, 4.69) is 45.1 Å². The summed E-state index contributed by atoms with van der Waals surface area (Å²) in [7, 11) is 0. The Balaban J connectivity index is 1.78. The molecule has 3 N–H and O–H groups in total. The predicted molar refractivity (Wildman–Crippen MR) is 80.1 cm³/mol. The number of fused-ring (bicyclic) bond motifs is 1. The first-order valence-corrected chi connectivity index (χ1v) is 7.40. The fourth-order valence-corrected chi connectivity index (χ4v) is 3.90. The molecule has 3 heteroatoms. The third-order valence-corrected chi connectivity index (χ3v) is 5.85. The number of rotatable bonds is 2. The lowest BCUT2D eigenvalue weighted by molar-refractivity contribution is -0.124. The summed E-state index contributed by atoms with van der Waals surface area (Å²) in [6, 6.07) is 8.18. The molecule has 108 valence electrons. The molecule has 1 saturated carbocycles. The van der Waals surface area contributed by atoms with Gasteiger partial charge in [-0.15, -0.1) is 0 Å². The summed E-state index contributed by atoms with van der Waals surface area (Å²) in [5.74, 6) is 0.229. The number of carbonyl (C=O) groups excluding carboxylic acids is 1. The number of nitrogens with two attached hydrogens (primary N) is 1. The maximum atomic E-state index is 12.6. The van der Waals surface area contributed by atoms with Crippen LogP contribution in [0, 0.1) is 16.7 Å². The van der Waals surface area contributed by atoms with Gasteiger partial charge in [0.25, 0.3) is 0 Å². The fraction of sp³-hybridized carbons (Fsp3) is 0.588. The van der Waals surface area contributed by atoms with Crippen LogP contribution in [0.3, 0.4) is 0 Å². The Hall–Kier alpha value is -1.35. The minimum Gasteiger partial charge on any atom is -0.347 e. The predicted octanol–water partition coefficient (Wildman–Crippen LogP) is 2.41. The van der Waals surface area contributed by atoms with E-state index in [0.717, 1.165) is 6.42 Å². The highest BCUT2D eigenvalue weighted by molar-refractivity contribution is 5.84. The molecule has 2 aliphatic carbocycles. The van der Waals surface area contributed by atoms with Gasteiger partial charge >= 0.3 is 0 Å². The van der Waals surface area contributed by atoms with Crippen LogP contribution in [0.5, 0.6) is 0 Å². The zero-order chi connectivity index (χ0) is 14.7. The van der Waals surface area contributed by atoms with E-state index in [9.17, 15) is 4.79 Å². The molecule has 20 heavy (non-hydrogen) atoms. The van der Waals surface area contributed by atoms with Gasteiger partial charge in [-0.25, -0.2) is 0 Å². The highest BCUT2D eigenvalue weighted by Crippen LogP contribution is 2.68. The van der Waals surface area contributed by atoms with Crippen LogP contribution in [0.1, 0.15) is 44.9 Å². The molecule has 2 atom stereocenters. The second-order valence-corrected chi connectivity index (χ2v) is 7.43. The lowest BCUT2D eigenvalue weighted by atomic mass is 10.0. The van der Waals surface area contributed by atoms with Crippen LogP contribution < -0.4 is 11.1 Å². The average molecular weight is 272 g/mol. The van der Waals surface area contributed by atoms with Gasteiger partial charge in [0.05, 0.1) is 6.04 Å². The number of hydrogen-bond acceptors (Lipinski definition) is 2. The Morgan fingerprint density at radius 1 is 1.20 bits per heavy atom. The van der Waals surface area contributed by atoms with Gasteiger partial charge in [-0.05, 0) is 28.4 Å². The molecule has 0 bridgehead atoms. The van der Waals surface area contributed by atoms with E-state index in [-0.39, 0.29) is 34.7 Å². The van der Waals surface area contributed by atoms with Crippen molar-refractivity contribution < 1.29 is 4.79 Å². The third kappa shape index (κ3) is 1.72. The van der Waals surface area contributed by atoms with Crippen molar-refractivity contribution in [1.82, 2.24) is 5.32 Å². The summed E-state index contributed by atoms with van der Waals surface area (Å²) in [5, 5.41) is 3.19. The summed E-state index contributed by atoms with van der Waals surface area (Å²) in [4.78, 5) is 12.6. The molecule has 2 aliphatic rings. The number of amides is 1. The molecule has 1 fully saturated rings. The van der Waals surface area contributed by atoms with Crippen LogP contribution in [0.15, 0.2) is 24.3 Å². The van der Waals surface area contributed by atoms with E-state index in [0.29, 0.717) is 0 Å². The molecule has 1 aromatic rings. The van der Waals surface area contributed by atoms with Gasteiger partial charge in [0.15, 0.2) is 0 Å². The van der Waals surface area contributed by atoms with E-state index >= 15 is 0 Å². The van der Waals surface area contributed by atoms with Gasteiger partial charge in [-0.1, -0.05) is 52.0 Å². The first-order chi connectivity index (χ1) is 9.26. The van der Waals surface area contributed by atoms with Gasteiger partial charge in [-0.3, -0.25) is 4.79 Å². The molecule has 0 radical (unpaired) electrons. The summed E-state index contributed by atoms with van der Waals surface area (Å²) >= 11 is 0. The van der Waals surface area contributed by atoms with Crippen LogP contribution in [0.25, 0.3) is 0 Å². The van der Waals surface area contributed by atoms with E-state index in [1.807, 2.05) is 12.1 Å². The smallest absolute Gasteiger partial charge is 0.224 e.